The van der Waals surface area contributed by atoms with Crippen LogP contribution in [-0.4, -0.2) is 25.5 Å². The maximum atomic E-state index is 13.1. The number of benzene rings is 2. The molecule has 2 N–H and O–H groups in total. The van der Waals surface area contributed by atoms with Crippen molar-refractivity contribution in [2.24, 2.45) is 5.92 Å². The largest absolute Gasteiger partial charge is 0.351 e. The van der Waals surface area contributed by atoms with Crippen LogP contribution >= 0.6 is 11.3 Å². The van der Waals surface area contributed by atoms with E-state index in [4.69, 9.17) is 0 Å². The van der Waals surface area contributed by atoms with Crippen molar-refractivity contribution in [2.45, 2.75) is 12.8 Å². The third-order valence-electron chi connectivity index (χ3n) is 4.93. The summed E-state index contributed by atoms with van der Waals surface area (Å²) in [6.07, 6.45) is 2.24. The minimum atomic E-state index is -0.237. The fourth-order valence-corrected chi connectivity index (χ4v) is 4.39. The molecule has 3 nitrogen and oxygen atoms in total. The Balaban J connectivity index is 1.49. The number of nitrogens with one attached hydrogen (secondary N) is 2. The van der Waals surface area contributed by atoms with Gasteiger partial charge in [-0.2, -0.15) is 0 Å². The second-order valence-corrected chi connectivity index (χ2v) is 7.86. The fourth-order valence-electron chi connectivity index (χ4n) is 3.37. The van der Waals surface area contributed by atoms with E-state index in [-0.39, 0.29) is 11.7 Å². The molecule has 1 aliphatic rings. The van der Waals surface area contributed by atoms with Crippen LogP contribution < -0.4 is 10.6 Å². The molecule has 1 aliphatic heterocycles. The van der Waals surface area contributed by atoms with Gasteiger partial charge in [0.15, 0.2) is 0 Å². The molecule has 0 bridgehead atoms. The van der Waals surface area contributed by atoms with Crippen molar-refractivity contribution in [3.05, 3.63) is 59.2 Å². The minimum absolute atomic E-state index is 0.00747. The number of piperidine rings is 1. The number of rotatable bonds is 4. The van der Waals surface area contributed by atoms with Gasteiger partial charge < -0.3 is 10.6 Å². The lowest BCUT2D eigenvalue weighted by Crippen LogP contribution is -2.35. The number of thiophene rings is 1. The van der Waals surface area contributed by atoms with Gasteiger partial charge in [-0.05, 0) is 72.6 Å². The Bertz CT molecular complexity index is 913. The summed E-state index contributed by atoms with van der Waals surface area (Å²) < 4.78 is 14.2. The lowest BCUT2D eigenvalue weighted by Gasteiger charge is -2.22. The summed E-state index contributed by atoms with van der Waals surface area (Å²) >= 11 is 1.51. The molecular formula is C21H21FN2OS. The number of halogens is 1. The molecule has 1 amide bonds. The quantitative estimate of drug-likeness (QED) is 0.715. The number of carbonyl (C=O) groups is 1. The van der Waals surface area contributed by atoms with Gasteiger partial charge in [-0.15, -0.1) is 11.3 Å². The Kier molecular flexibility index (Phi) is 5.00. The van der Waals surface area contributed by atoms with Gasteiger partial charge in [0.1, 0.15) is 5.82 Å². The Morgan fingerprint density at radius 2 is 1.81 bits per heavy atom. The highest BCUT2D eigenvalue weighted by atomic mass is 32.1. The SMILES string of the molecule is O=C(NCC1CCNCC1)c1cc2ccc(-c3ccc(F)cc3)cc2s1. The molecule has 5 heteroatoms. The molecular weight excluding hydrogens is 347 g/mol. The van der Waals surface area contributed by atoms with Gasteiger partial charge in [-0.25, -0.2) is 4.39 Å². The lowest BCUT2D eigenvalue weighted by atomic mass is 9.98. The van der Waals surface area contributed by atoms with Crippen LogP contribution in [0.25, 0.3) is 21.2 Å². The summed E-state index contributed by atoms with van der Waals surface area (Å²) in [7, 11) is 0. The van der Waals surface area contributed by atoms with E-state index in [2.05, 4.69) is 16.7 Å². The molecule has 2 aromatic carbocycles. The number of amides is 1. The number of hydrogen-bond donors (Lipinski definition) is 2. The highest BCUT2D eigenvalue weighted by Gasteiger charge is 2.16. The molecule has 134 valence electrons. The van der Waals surface area contributed by atoms with Gasteiger partial charge in [0.25, 0.3) is 5.91 Å². The molecule has 4 rings (SSSR count). The molecule has 0 saturated carbocycles. The van der Waals surface area contributed by atoms with E-state index in [0.29, 0.717) is 5.92 Å². The smallest absolute Gasteiger partial charge is 0.261 e. The average molecular weight is 368 g/mol. The Morgan fingerprint density at radius 1 is 1.08 bits per heavy atom. The van der Waals surface area contributed by atoms with Crippen LogP contribution in [0.5, 0.6) is 0 Å². The first-order valence-electron chi connectivity index (χ1n) is 8.97. The summed E-state index contributed by atoms with van der Waals surface area (Å²) in [5.74, 6) is 0.339. The molecule has 26 heavy (non-hydrogen) atoms. The maximum absolute atomic E-state index is 13.1. The van der Waals surface area contributed by atoms with Crippen molar-refractivity contribution in [2.75, 3.05) is 19.6 Å². The maximum Gasteiger partial charge on any atom is 0.261 e. The van der Waals surface area contributed by atoms with Gasteiger partial charge in [0.05, 0.1) is 4.88 Å². The summed E-state index contributed by atoms with van der Waals surface area (Å²) in [5.41, 5.74) is 2.00. The standard InChI is InChI=1S/C21H21FN2OS/c22-18-5-3-15(4-6-18)16-1-2-17-12-20(26-19(17)11-16)21(25)24-13-14-7-9-23-10-8-14/h1-6,11-12,14,23H,7-10,13H2,(H,24,25). The van der Waals surface area contributed by atoms with E-state index in [1.54, 1.807) is 12.1 Å². The minimum Gasteiger partial charge on any atom is -0.351 e. The van der Waals surface area contributed by atoms with Crippen LogP contribution in [0.15, 0.2) is 48.5 Å². The highest BCUT2D eigenvalue weighted by molar-refractivity contribution is 7.20. The molecule has 1 fully saturated rings. The lowest BCUT2D eigenvalue weighted by molar-refractivity contribution is 0.0948. The zero-order valence-electron chi connectivity index (χ0n) is 14.4. The second kappa shape index (κ2) is 7.56. The number of hydrogen-bond acceptors (Lipinski definition) is 3. The summed E-state index contributed by atoms with van der Waals surface area (Å²) in [6.45, 7) is 2.82. The van der Waals surface area contributed by atoms with Gasteiger partial charge in [-0.1, -0.05) is 24.3 Å². The van der Waals surface area contributed by atoms with E-state index < -0.39 is 0 Å². The highest BCUT2D eigenvalue weighted by Crippen LogP contribution is 2.30. The van der Waals surface area contributed by atoms with E-state index in [0.717, 1.165) is 58.6 Å². The zero-order chi connectivity index (χ0) is 17.9. The Labute approximate surface area is 156 Å². The average Bonchev–Trinajstić information content (AvgIpc) is 3.11. The van der Waals surface area contributed by atoms with Gasteiger partial charge in [-0.3, -0.25) is 4.79 Å². The fraction of sp³-hybridized carbons (Fsp3) is 0.286. The summed E-state index contributed by atoms with van der Waals surface area (Å²) in [4.78, 5) is 13.2. The molecule has 3 aromatic rings. The zero-order valence-corrected chi connectivity index (χ0v) is 15.2. The Morgan fingerprint density at radius 3 is 2.58 bits per heavy atom. The van der Waals surface area contributed by atoms with Crippen molar-refractivity contribution in [1.82, 2.24) is 10.6 Å². The first-order chi connectivity index (χ1) is 12.7. The predicted molar refractivity (Wildman–Crippen MR) is 105 cm³/mol. The van der Waals surface area contributed by atoms with Crippen LogP contribution in [-0.2, 0) is 0 Å². The first-order valence-corrected chi connectivity index (χ1v) is 9.79. The van der Waals surface area contributed by atoms with Gasteiger partial charge in [0.2, 0.25) is 0 Å². The molecule has 1 saturated heterocycles. The van der Waals surface area contributed by atoms with E-state index in [1.165, 1.54) is 23.5 Å². The normalized spacial score (nSPS) is 15.3. The monoisotopic (exact) mass is 368 g/mol. The molecule has 2 heterocycles. The molecule has 0 atom stereocenters. The predicted octanol–water partition coefficient (Wildman–Crippen LogP) is 4.44. The van der Waals surface area contributed by atoms with Crippen LogP contribution in [0.3, 0.4) is 0 Å². The van der Waals surface area contributed by atoms with Crippen LogP contribution in [0.1, 0.15) is 22.5 Å². The Hall–Kier alpha value is -2.24. The molecule has 0 aliphatic carbocycles. The van der Waals surface area contributed by atoms with E-state index in [9.17, 15) is 9.18 Å². The summed E-state index contributed by atoms with van der Waals surface area (Å²) in [5, 5.41) is 7.49. The summed E-state index contributed by atoms with van der Waals surface area (Å²) in [6, 6.07) is 14.5. The van der Waals surface area contributed by atoms with Crippen LogP contribution in [0, 0.1) is 11.7 Å². The first kappa shape index (κ1) is 17.2. The molecule has 0 radical (unpaired) electrons. The second-order valence-electron chi connectivity index (χ2n) is 6.77. The van der Waals surface area contributed by atoms with Crippen molar-refractivity contribution in [3.63, 3.8) is 0 Å². The topological polar surface area (TPSA) is 41.1 Å². The van der Waals surface area contributed by atoms with Crippen molar-refractivity contribution >= 4 is 27.3 Å². The van der Waals surface area contributed by atoms with Crippen molar-refractivity contribution in [1.29, 1.82) is 0 Å². The number of fused-ring (bicyclic) bond motifs is 1. The third kappa shape index (κ3) is 3.79. The molecule has 1 aromatic heterocycles. The van der Waals surface area contributed by atoms with E-state index in [1.807, 2.05) is 18.2 Å². The molecule has 0 spiro atoms. The van der Waals surface area contributed by atoms with Gasteiger partial charge >= 0.3 is 0 Å². The van der Waals surface area contributed by atoms with Crippen molar-refractivity contribution in [3.8, 4) is 11.1 Å². The van der Waals surface area contributed by atoms with Crippen LogP contribution in [0.4, 0.5) is 4.39 Å². The van der Waals surface area contributed by atoms with E-state index >= 15 is 0 Å². The van der Waals surface area contributed by atoms with Crippen molar-refractivity contribution < 1.29 is 9.18 Å². The van der Waals surface area contributed by atoms with Gasteiger partial charge in [0, 0.05) is 11.2 Å². The molecule has 0 unspecified atom stereocenters. The third-order valence-corrected chi connectivity index (χ3v) is 6.03. The number of carbonyl (C=O) groups excluding carboxylic acids is 1. The van der Waals surface area contributed by atoms with Crippen LogP contribution in [0.2, 0.25) is 0 Å².